The molecule has 0 aromatic heterocycles. The van der Waals surface area contributed by atoms with Crippen LogP contribution in [0.25, 0.3) is 0 Å². The second-order valence-electron chi connectivity index (χ2n) is 2.14. The SMILES string of the molecule is CCOC(=O)C(=O)NCCOC(N)=O. The first-order valence-electron chi connectivity index (χ1n) is 3.95. The fourth-order valence-corrected chi connectivity index (χ4v) is 0.585. The summed E-state index contributed by atoms with van der Waals surface area (Å²) in [5, 5.41) is 2.18. The van der Waals surface area contributed by atoms with Crippen molar-refractivity contribution >= 4 is 18.0 Å². The molecule has 0 aliphatic heterocycles. The second kappa shape index (κ2) is 6.70. The molecule has 14 heavy (non-hydrogen) atoms. The van der Waals surface area contributed by atoms with Crippen LogP contribution in [0.15, 0.2) is 0 Å². The molecule has 7 nitrogen and oxygen atoms in total. The maximum absolute atomic E-state index is 10.8. The van der Waals surface area contributed by atoms with E-state index < -0.39 is 18.0 Å². The van der Waals surface area contributed by atoms with Gasteiger partial charge in [-0.05, 0) is 6.92 Å². The quantitative estimate of drug-likeness (QED) is 0.338. The lowest BCUT2D eigenvalue weighted by Gasteiger charge is -2.03. The van der Waals surface area contributed by atoms with Crippen molar-refractivity contribution in [3.63, 3.8) is 0 Å². The third-order valence-corrected chi connectivity index (χ3v) is 1.09. The number of carbonyl (C=O) groups is 3. The molecule has 0 rings (SSSR count). The molecular formula is C7H12N2O5. The average Bonchev–Trinajstić information content (AvgIpc) is 2.12. The van der Waals surface area contributed by atoms with Gasteiger partial charge < -0.3 is 20.5 Å². The molecule has 0 fully saturated rings. The molecule has 0 spiro atoms. The van der Waals surface area contributed by atoms with Gasteiger partial charge in [-0.2, -0.15) is 0 Å². The van der Waals surface area contributed by atoms with Crippen LogP contribution in [-0.2, 0) is 19.1 Å². The maximum Gasteiger partial charge on any atom is 0.404 e. The van der Waals surface area contributed by atoms with Crippen molar-refractivity contribution in [2.24, 2.45) is 5.73 Å². The highest BCUT2D eigenvalue weighted by atomic mass is 16.5. The molecule has 0 aliphatic carbocycles. The molecule has 0 bridgehead atoms. The van der Waals surface area contributed by atoms with E-state index in [4.69, 9.17) is 0 Å². The third-order valence-electron chi connectivity index (χ3n) is 1.09. The molecule has 7 heteroatoms. The van der Waals surface area contributed by atoms with E-state index in [0.717, 1.165) is 0 Å². The van der Waals surface area contributed by atoms with E-state index in [1.165, 1.54) is 0 Å². The number of ether oxygens (including phenoxy) is 2. The molecule has 0 atom stereocenters. The molecule has 0 saturated heterocycles. The molecule has 0 radical (unpaired) electrons. The summed E-state index contributed by atoms with van der Waals surface area (Å²) in [7, 11) is 0. The van der Waals surface area contributed by atoms with Gasteiger partial charge in [-0.3, -0.25) is 4.79 Å². The van der Waals surface area contributed by atoms with Crippen LogP contribution in [0.3, 0.4) is 0 Å². The first kappa shape index (κ1) is 12.2. The van der Waals surface area contributed by atoms with Gasteiger partial charge in [0, 0.05) is 0 Å². The van der Waals surface area contributed by atoms with E-state index in [9.17, 15) is 14.4 Å². The Labute approximate surface area is 80.5 Å². The Hall–Kier alpha value is -1.79. The summed E-state index contributed by atoms with van der Waals surface area (Å²) < 4.78 is 8.70. The van der Waals surface area contributed by atoms with Crippen LogP contribution in [-0.4, -0.2) is 37.7 Å². The Morgan fingerprint density at radius 2 is 1.93 bits per heavy atom. The zero-order valence-corrected chi connectivity index (χ0v) is 7.74. The van der Waals surface area contributed by atoms with Crippen LogP contribution in [0, 0.1) is 0 Å². The number of nitrogens with two attached hydrogens (primary N) is 1. The Morgan fingerprint density at radius 1 is 1.29 bits per heavy atom. The van der Waals surface area contributed by atoms with Crippen LogP contribution >= 0.6 is 0 Å². The lowest BCUT2D eigenvalue weighted by Crippen LogP contribution is -2.35. The van der Waals surface area contributed by atoms with Gasteiger partial charge in [0.1, 0.15) is 6.61 Å². The van der Waals surface area contributed by atoms with E-state index in [1.54, 1.807) is 6.92 Å². The minimum atomic E-state index is -0.966. The fraction of sp³-hybridized carbons (Fsp3) is 0.571. The van der Waals surface area contributed by atoms with Gasteiger partial charge in [-0.1, -0.05) is 0 Å². The number of carbonyl (C=O) groups excluding carboxylic acids is 3. The first-order valence-corrected chi connectivity index (χ1v) is 3.95. The topological polar surface area (TPSA) is 108 Å². The summed E-state index contributed by atoms with van der Waals surface area (Å²) in [4.78, 5) is 31.6. The zero-order valence-electron chi connectivity index (χ0n) is 7.74. The number of nitrogens with one attached hydrogen (secondary N) is 1. The van der Waals surface area contributed by atoms with Gasteiger partial charge in [0.05, 0.1) is 13.2 Å². The van der Waals surface area contributed by atoms with Crippen LogP contribution < -0.4 is 11.1 Å². The minimum Gasteiger partial charge on any atom is -0.459 e. The lowest BCUT2D eigenvalue weighted by atomic mass is 10.5. The molecule has 0 aromatic rings. The molecule has 80 valence electrons. The first-order chi connectivity index (χ1) is 6.57. The smallest absolute Gasteiger partial charge is 0.404 e. The highest BCUT2D eigenvalue weighted by molar-refractivity contribution is 6.32. The van der Waals surface area contributed by atoms with Gasteiger partial charge >= 0.3 is 18.0 Å². The second-order valence-corrected chi connectivity index (χ2v) is 2.14. The van der Waals surface area contributed by atoms with Gasteiger partial charge in [-0.15, -0.1) is 0 Å². The van der Waals surface area contributed by atoms with E-state index in [0.29, 0.717) is 0 Å². The maximum atomic E-state index is 10.8. The van der Waals surface area contributed by atoms with Crippen LogP contribution in [0.5, 0.6) is 0 Å². The average molecular weight is 204 g/mol. The standard InChI is InChI=1S/C7H12N2O5/c1-2-13-6(11)5(10)9-3-4-14-7(8)12/h2-4H2,1H3,(H2,8,12)(H,9,10). The lowest BCUT2D eigenvalue weighted by molar-refractivity contribution is -0.154. The summed E-state index contributed by atoms with van der Waals surface area (Å²) in [6, 6.07) is 0. The van der Waals surface area contributed by atoms with E-state index in [-0.39, 0.29) is 19.8 Å². The number of hydrogen-bond acceptors (Lipinski definition) is 5. The highest BCUT2D eigenvalue weighted by Crippen LogP contribution is 1.78. The van der Waals surface area contributed by atoms with Crippen molar-refractivity contribution in [1.29, 1.82) is 0 Å². The molecule has 0 heterocycles. The summed E-state index contributed by atoms with van der Waals surface area (Å²) >= 11 is 0. The molecule has 0 unspecified atom stereocenters. The molecule has 0 saturated carbocycles. The summed E-state index contributed by atoms with van der Waals surface area (Å²) in [5.41, 5.74) is 4.65. The predicted octanol–water partition coefficient (Wildman–Crippen LogP) is -1.24. The van der Waals surface area contributed by atoms with E-state index >= 15 is 0 Å². The Morgan fingerprint density at radius 3 is 2.43 bits per heavy atom. The van der Waals surface area contributed by atoms with Gasteiger partial charge in [-0.25, -0.2) is 9.59 Å². The Balaban J connectivity index is 3.53. The normalized spacial score (nSPS) is 8.93. The molecule has 3 N–H and O–H groups in total. The number of hydrogen-bond donors (Lipinski definition) is 2. The minimum absolute atomic E-state index is 0.0145. The third kappa shape index (κ3) is 5.81. The van der Waals surface area contributed by atoms with Crippen LogP contribution in [0.1, 0.15) is 6.92 Å². The molecule has 0 aromatic carbocycles. The van der Waals surface area contributed by atoms with Gasteiger partial charge in [0.2, 0.25) is 0 Å². The predicted molar refractivity (Wildman–Crippen MR) is 45.2 cm³/mol. The molecular weight excluding hydrogens is 192 g/mol. The highest BCUT2D eigenvalue weighted by Gasteiger charge is 2.13. The van der Waals surface area contributed by atoms with Gasteiger partial charge in [0.15, 0.2) is 0 Å². The van der Waals surface area contributed by atoms with Gasteiger partial charge in [0.25, 0.3) is 0 Å². The van der Waals surface area contributed by atoms with Crippen molar-refractivity contribution in [1.82, 2.24) is 5.32 Å². The van der Waals surface area contributed by atoms with E-state index in [1.807, 2.05) is 0 Å². The largest absolute Gasteiger partial charge is 0.459 e. The Bertz CT molecular complexity index is 228. The fourth-order valence-electron chi connectivity index (χ4n) is 0.585. The number of esters is 1. The zero-order chi connectivity index (χ0) is 11.0. The van der Waals surface area contributed by atoms with Crippen molar-refractivity contribution in [3.8, 4) is 0 Å². The van der Waals surface area contributed by atoms with Crippen LogP contribution in [0.4, 0.5) is 4.79 Å². The molecule has 0 aliphatic rings. The summed E-state index contributed by atoms with van der Waals surface area (Å²) in [6.07, 6.45) is -0.935. The van der Waals surface area contributed by atoms with Crippen molar-refractivity contribution < 1.29 is 23.9 Å². The van der Waals surface area contributed by atoms with Crippen molar-refractivity contribution in [3.05, 3.63) is 0 Å². The number of primary amides is 1. The number of amides is 2. The summed E-state index contributed by atoms with van der Waals surface area (Å²) in [5.74, 6) is -1.84. The van der Waals surface area contributed by atoms with Crippen LogP contribution in [0.2, 0.25) is 0 Å². The summed E-state index contributed by atoms with van der Waals surface area (Å²) in [6.45, 7) is 1.65. The number of rotatable bonds is 4. The molecule has 2 amide bonds. The Kier molecular flexibility index (Phi) is 5.84. The van der Waals surface area contributed by atoms with Crippen molar-refractivity contribution in [2.45, 2.75) is 6.92 Å². The monoisotopic (exact) mass is 204 g/mol. The van der Waals surface area contributed by atoms with Crippen molar-refractivity contribution in [2.75, 3.05) is 19.8 Å². The van der Waals surface area contributed by atoms with E-state index in [2.05, 4.69) is 20.5 Å².